The molecule has 2 N–H and O–H groups in total. The number of ether oxygens (including phenoxy) is 1. The number of benzene rings is 1. The van der Waals surface area contributed by atoms with Gasteiger partial charge in [-0.1, -0.05) is 18.3 Å². The summed E-state index contributed by atoms with van der Waals surface area (Å²) in [4.78, 5) is 24.1. The fourth-order valence-corrected chi connectivity index (χ4v) is 5.38. The highest BCUT2D eigenvalue weighted by molar-refractivity contribution is 7.21. The smallest absolute Gasteiger partial charge is 0.182 e. The SMILES string of the molecule is CCc1c(C)nc(CN(C)C)nc1N1CCOc2c(C)cc(-c3cnc4sc(N)nc4c3)cc2C1. The second-order valence-electron chi connectivity index (χ2n) is 9.27. The topological polar surface area (TPSA) is 93.3 Å². The van der Waals surface area contributed by atoms with E-state index in [1.165, 1.54) is 16.9 Å². The number of nitrogen functional groups attached to an aromatic ring is 1. The Morgan fingerprint density at radius 1 is 1.11 bits per heavy atom. The van der Waals surface area contributed by atoms with Gasteiger partial charge < -0.3 is 20.3 Å². The molecule has 0 radical (unpaired) electrons. The van der Waals surface area contributed by atoms with E-state index in [0.717, 1.165) is 68.7 Å². The van der Waals surface area contributed by atoms with Gasteiger partial charge in [-0.25, -0.2) is 19.9 Å². The number of nitrogens with two attached hydrogens (primary N) is 1. The molecule has 0 amide bonds. The summed E-state index contributed by atoms with van der Waals surface area (Å²) in [7, 11) is 4.08. The number of hydrogen-bond acceptors (Lipinski definition) is 9. The minimum Gasteiger partial charge on any atom is -0.491 e. The predicted octanol–water partition coefficient (Wildman–Crippen LogP) is 4.37. The maximum Gasteiger partial charge on any atom is 0.182 e. The Morgan fingerprint density at radius 3 is 2.71 bits per heavy atom. The van der Waals surface area contributed by atoms with Crippen LogP contribution in [0.1, 0.15) is 35.1 Å². The van der Waals surface area contributed by atoms with E-state index in [1.54, 1.807) is 0 Å². The summed E-state index contributed by atoms with van der Waals surface area (Å²) in [5.74, 6) is 2.81. The van der Waals surface area contributed by atoms with Crippen molar-refractivity contribution < 1.29 is 4.74 Å². The zero-order valence-electron chi connectivity index (χ0n) is 20.9. The Bertz CT molecular complexity index is 1400. The standard InChI is InChI=1S/C26H31N7OS/c1-6-20-16(3)29-22(14-32(4)5)31-24(20)33-7-8-34-23-15(2)9-17(10-19(23)13-33)18-11-21-25(28-12-18)35-26(27)30-21/h9-12H,6-8,13-14H2,1-5H3,(H2,27,30). The molecule has 0 unspecified atom stereocenters. The van der Waals surface area contributed by atoms with E-state index in [0.29, 0.717) is 24.8 Å². The highest BCUT2D eigenvalue weighted by atomic mass is 32.1. The van der Waals surface area contributed by atoms with Gasteiger partial charge in [-0.05, 0) is 63.7 Å². The van der Waals surface area contributed by atoms with Gasteiger partial charge in [0, 0.05) is 35.1 Å². The molecule has 1 aliphatic rings. The minimum absolute atomic E-state index is 0.535. The molecule has 0 aliphatic carbocycles. The first-order valence-corrected chi connectivity index (χ1v) is 12.7. The lowest BCUT2D eigenvalue weighted by Gasteiger charge is -2.25. The molecule has 4 aromatic rings. The van der Waals surface area contributed by atoms with Crippen LogP contribution < -0.4 is 15.4 Å². The maximum atomic E-state index is 6.26. The molecule has 0 bridgehead atoms. The van der Waals surface area contributed by atoms with Crippen LogP contribution in [0.3, 0.4) is 0 Å². The van der Waals surface area contributed by atoms with E-state index in [4.69, 9.17) is 20.4 Å². The van der Waals surface area contributed by atoms with Crippen molar-refractivity contribution in [2.75, 3.05) is 37.9 Å². The largest absolute Gasteiger partial charge is 0.491 e. The summed E-state index contributed by atoms with van der Waals surface area (Å²) < 4.78 is 6.26. The predicted molar refractivity (Wildman–Crippen MR) is 142 cm³/mol. The number of hydrogen-bond donors (Lipinski definition) is 1. The van der Waals surface area contributed by atoms with Crippen LogP contribution in [0.2, 0.25) is 0 Å². The van der Waals surface area contributed by atoms with Crippen LogP contribution in [0.4, 0.5) is 10.9 Å². The van der Waals surface area contributed by atoms with Crippen LogP contribution in [0, 0.1) is 13.8 Å². The molecule has 0 spiro atoms. The second-order valence-corrected chi connectivity index (χ2v) is 10.3. The number of aromatic nitrogens is 4. The number of nitrogens with zero attached hydrogens (tertiary/aromatic N) is 6. The van der Waals surface area contributed by atoms with Crippen molar-refractivity contribution in [2.45, 2.75) is 40.3 Å². The molecule has 1 aromatic carbocycles. The fraction of sp³-hybridized carbons (Fsp3) is 0.385. The van der Waals surface area contributed by atoms with Gasteiger partial charge in [-0.15, -0.1) is 0 Å². The molecule has 182 valence electrons. The molecule has 0 atom stereocenters. The number of pyridine rings is 1. The van der Waals surface area contributed by atoms with Crippen LogP contribution in [0.25, 0.3) is 21.5 Å². The van der Waals surface area contributed by atoms with Gasteiger partial charge >= 0.3 is 0 Å². The Hall–Kier alpha value is -3.30. The first kappa shape index (κ1) is 23.4. The summed E-state index contributed by atoms with van der Waals surface area (Å²) in [5.41, 5.74) is 13.3. The van der Waals surface area contributed by atoms with Crippen molar-refractivity contribution >= 4 is 32.6 Å². The summed E-state index contributed by atoms with van der Waals surface area (Å²) in [6, 6.07) is 6.43. The number of fused-ring (bicyclic) bond motifs is 2. The lowest BCUT2D eigenvalue weighted by Crippen LogP contribution is -2.29. The van der Waals surface area contributed by atoms with E-state index < -0.39 is 0 Å². The molecule has 3 aromatic heterocycles. The first-order chi connectivity index (χ1) is 16.8. The normalized spacial score (nSPS) is 13.7. The lowest BCUT2D eigenvalue weighted by molar-refractivity contribution is 0.329. The summed E-state index contributed by atoms with van der Waals surface area (Å²) in [6.07, 6.45) is 2.78. The summed E-state index contributed by atoms with van der Waals surface area (Å²) in [5, 5.41) is 0.535. The molecule has 35 heavy (non-hydrogen) atoms. The zero-order chi connectivity index (χ0) is 24.7. The highest BCUT2D eigenvalue weighted by Gasteiger charge is 2.23. The molecule has 5 rings (SSSR count). The highest BCUT2D eigenvalue weighted by Crippen LogP contribution is 2.35. The second kappa shape index (κ2) is 9.39. The van der Waals surface area contributed by atoms with Gasteiger partial charge in [-0.3, -0.25) is 0 Å². The van der Waals surface area contributed by atoms with Crippen molar-refractivity contribution in [2.24, 2.45) is 0 Å². The molecule has 1 aliphatic heterocycles. The molecule has 8 nitrogen and oxygen atoms in total. The Morgan fingerprint density at radius 2 is 1.94 bits per heavy atom. The van der Waals surface area contributed by atoms with Crippen LogP contribution in [-0.4, -0.2) is 52.1 Å². The molecule has 0 saturated carbocycles. The van der Waals surface area contributed by atoms with Crippen LogP contribution >= 0.6 is 11.3 Å². The van der Waals surface area contributed by atoms with Crippen LogP contribution in [0.15, 0.2) is 24.4 Å². The van der Waals surface area contributed by atoms with Gasteiger partial charge in [0.1, 0.15) is 34.3 Å². The minimum atomic E-state index is 0.535. The van der Waals surface area contributed by atoms with Crippen molar-refractivity contribution in [3.05, 3.63) is 52.6 Å². The lowest BCUT2D eigenvalue weighted by atomic mass is 9.99. The van der Waals surface area contributed by atoms with Crippen molar-refractivity contribution in [3.63, 3.8) is 0 Å². The van der Waals surface area contributed by atoms with Crippen molar-refractivity contribution in [3.8, 4) is 16.9 Å². The van der Waals surface area contributed by atoms with E-state index >= 15 is 0 Å². The van der Waals surface area contributed by atoms with Crippen LogP contribution in [0.5, 0.6) is 5.75 Å². The van der Waals surface area contributed by atoms with Crippen molar-refractivity contribution in [1.82, 2.24) is 24.8 Å². The maximum absolute atomic E-state index is 6.26. The quantitative estimate of drug-likeness (QED) is 0.442. The Balaban J connectivity index is 1.55. The molecular weight excluding hydrogens is 458 g/mol. The third-order valence-electron chi connectivity index (χ3n) is 6.27. The van der Waals surface area contributed by atoms with Gasteiger partial charge in [-0.2, -0.15) is 0 Å². The molecule has 0 saturated heterocycles. The summed E-state index contributed by atoms with van der Waals surface area (Å²) in [6.45, 7) is 9.15. The number of rotatable bonds is 5. The first-order valence-electron chi connectivity index (χ1n) is 11.9. The van der Waals surface area contributed by atoms with E-state index in [1.807, 2.05) is 20.3 Å². The van der Waals surface area contributed by atoms with Crippen LogP contribution in [-0.2, 0) is 19.5 Å². The average Bonchev–Trinajstić information content (AvgIpc) is 3.03. The van der Waals surface area contributed by atoms with E-state index in [-0.39, 0.29) is 0 Å². The molecule has 4 heterocycles. The molecule has 9 heteroatoms. The number of aryl methyl sites for hydroxylation is 2. The van der Waals surface area contributed by atoms with E-state index in [2.05, 4.69) is 58.7 Å². The molecular formula is C26H31N7OS. The molecule has 0 fully saturated rings. The summed E-state index contributed by atoms with van der Waals surface area (Å²) >= 11 is 1.41. The number of thiazole rings is 1. The van der Waals surface area contributed by atoms with E-state index in [9.17, 15) is 0 Å². The number of anilines is 2. The fourth-order valence-electron chi connectivity index (χ4n) is 4.73. The third kappa shape index (κ3) is 4.66. The third-order valence-corrected chi connectivity index (χ3v) is 7.08. The van der Waals surface area contributed by atoms with Gasteiger partial charge in [0.25, 0.3) is 0 Å². The Kier molecular flexibility index (Phi) is 6.29. The van der Waals surface area contributed by atoms with Gasteiger partial charge in [0.05, 0.1) is 13.1 Å². The van der Waals surface area contributed by atoms with Crippen molar-refractivity contribution in [1.29, 1.82) is 0 Å². The monoisotopic (exact) mass is 489 g/mol. The van der Waals surface area contributed by atoms with Gasteiger partial charge in [0.15, 0.2) is 5.13 Å². The Labute approximate surface area is 209 Å². The zero-order valence-corrected chi connectivity index (χ0v) is 21.7. The van der Waals surface area contributed by atoms with Gasteiger partial charge in [0.2, 0.25) is 0 Å². The average molecular weight is 490 g/mol.